The highest BCUT2D eigenvalue weighted by Crippen LogP contribution is 2.24. The van der Waals surface area contributed by atoms with Gasteiger partial charge in [-0.25, -0.2) is 4.39 Å². The first-order valence-electron chi connectivity index (χ1n) is 6.25. The molecule has 5 heteroatoms. The van der Waals surface area contributed by atoms with E-state index in [4.69, 9.17) is 15.9 Å². The summed E-state index contributed by atoms with van der Waals surface area (Å²) in [5.74, 6) is 0.575. The highest BCUT2D eigenvalue weighted by Gasteiger charge is 2.20. The van der Waals surface area contributed by atoms with Gasteiger partial charge in [0.15, 0.2) is 0 Å². The lowest BCUT2D eigenvalue weighted by molar-refractivity contribution is 0.295. The number of hydrogen-bond donors (Lipinski definition) is 2. The average Bonchev–Trinajstić information content (AvgIpc) is 2.33. The van der Waals surface area contributed by atoms with Crippen molar-refractivity contribution in [2.45, 2.75) is 33.1 Å². The third-order valence-corrected chi connectivity index (χ3v) is 3.69. The molecule has 0 bridgehead atoms. The van der Waals surface area contributed by atoms with Crippen molar-refractivity contribution in [3.63, 3.8) is 0 Å². The van der Waals surface area contributed by atoms with E-state index in [0.717, 1.165) is 19.3 Å². The van der Waals surface area contributed by atoms with Crippen LogP contribution in [0, 0.1) is 16.6 Å². The van der Waals surface area contributed by atoms with Gasteiger partial charge in [-0.2, -0.15) is 0 Å². The molecule has 0 aliphatic carbocycles. The van der Waals surface area contributed by atoms with E-state index in [1.54, 1.807) is 12.1 Å². The molecule has 0 saturated carbocycles. The quantitative estimate of drug-likeness (QED) is 0.449. The minimum Gasteiger partial charge on any atom is -0.494 e. The van der Waals surface area contributed by atoms with Gasteiger partial charge in [-0.1, -0.05) is 13.8 Å². The summed E-state index contributed by atoms with van der Waals surface area (Å²) in [6, 6.07) is 4.60. The van der Waals surface area contributed by atoms with Crippen LogP contribution in [-0.2, 0) is 0 Å². The van der Waals surface area contributed by atoms with Gasteiger partial charge in [0.05, 0.1) is 16.9 Å². The molecule has 0 fully saturated rings. The van der Waals surface area contributed by atoms with E-state index in [9.17, 15) is 4.39 Å². The lowest BCUT2D eigenvalue weighted by Gasteiger charge is -2.22. The van der Waals surface area contributed by atoms with Crippen LogP contribution in [0.5, 0.6) is 5.75 Å². The SMILES string of the molecule is CC(C)(CCCCOc1ccc(F)c(Br)c1)C(=N)N. The van der Waals surface area contributed by atoms with E-state index >= 15 is 0 Å². The molecule has 3 N–H and O–H groups in total. The Hall–Kier alpha value is -1.10. The molecule has 1 rings (SSSR count). The molecule has 0 radical (unpaired) electrons. The molecule has 0 spiro atoms. The summed E-state index contributed by atoms with van der Waals surface area (Å²) in [4.78, 5) is 0. The Morgan fingerprint density at radius 3 is 2.68 bits per heavy atom. The molecule has 106 valence electrons. The summed E-state index contributed by atoms with van der Waals surface area (Å²) in [5, 5.41) is 7.46. The van der Waals surface area contributed by atoms with Crippen LogP contribution in [0.1, 0.15) is 33.1 Å². The number of rotatable bonds is 7. The van der Waals surface area contributed by atoms with Crippen LogP contribution < -0.4 is 10.5 Å². The highest BCUT2D eigenvalue weighted by molar-refractivity contribution is 9.10. The van der Waals surface area contributed by atoms with Crippen LogP contribution in [-0.4, -0.2) is 12.4 Å². The fraction of sp³-hybridized carbons (Fsp3) is 0.500. The number of unbranched alkanes of at least 4 members (excludes halogenated alkanes) is 1. The maximum absolute atomic E-state index is 13.0. The lowest BCUT2D eigenvalue weighted by atomic mass is 9.86. The second-order valence-corrected chi connectivity index (χ2v) is 6.03. The van der Waals surface area contributed by atoms with Crippen molar-refractivity contribution in [3.8, 4) is 5.75 Å². The van der Waals surface area contributed by atoms with Crippen molar-refractivity contribution >= 4 is 21.8 Å². The molecule has 1 aromatic rings. The Bertz CT molecular complexity index is 449. The summed E-state index contributed by atoms with van der Waals surface area (Å²) in [6.07, 6.45) is 2.68. The highest BCUT2D eigenvalue weighted by atomic mass is 79.9. The van der Waals surface area contributed by atoms with Crippen molar-refractivity contribution < 1.29 is 9.13 Å². The van der Waals surface area contributed by atoms with Crippen LogP contribution >= 0.6 is 15.9 Å². The third-order valence-electron chi connectivity index (χ3n) is 3.09. The second-order valence-electron chi connectivity index (χ2n) is 5.18. The zero-order valence-corrected chi connectivity index (χ0v) is 12.9. The fourth-order valence-corrected chi connectivity index (χ4v) is 1.92. The van der Waals surface area contributed by atoms with Crippen molar-refractivity contribution in [1.29, 1.82) is 5.41 Å². The normalized spacial score (nSPS) is 11.4. The van der Waals surface area contributed by atoms with Gasteiger partial charge in [0.25, 0.3) is 0 Å². The molecule has 3 nitrogen and oxygen atoms in total. The van der Waals surface area contributed by atoms with Crippen molar-refractivity contribution in [1.82, 2.24) is 0 Å². The number of nitrogens with one attached hydrogen (secondary N) is 1. The number of ether oxygens (including phenoxy) is 1. The van der Waals surface area contributed by atoms with Crippen LogP contribution in [0.15, 0.2) is 22.7 Å². The summed E-state index contributed by atoms with van der Waals surface area (Å²) in [6.45, 7) is 4.51. The van der Waals surface area contributed by atoms with Gasteiger partial charge in [0.1, 0.15) is 11.6 Å². The molecule has 0 heterocycles. The number of benzene rings is 1. The minimum atomic E-state index is -0.296. The first-order chi connectivity index (χ1) is 8.83. The predicted octanol–water partition coefficient (Wildman–Crippen LogP) is 4.10. The Morgan fingerprint density at radius 1 is 1.42 bits per heavy atom. The van der Waals surface area contributed by atoms with Crippen molar-refractivity contribution in [2.75, 3.05) is 6.61 Å². The average molecular weight is 331 g/mol. The molecule has 0 atom stereocenters. The molecule has 0 aliphatic heterocycles. The Labute approximate surface area is 122 Å². The molecule has 0 saturated heterocycles. The second kappa shape index (κ2) is 6.89. The molecule has 0 aromatic heterocycles. The zero-order valence-electron chi connectivity index (χ0n) is 11.3. The molecule has 1 aromatic carbocycles. The van der Waals surface area contributed by atoms with Gasteiger partial charge in [0, 0.05) is 5.41 Å². The molecule has 0 amide bonds. The summed E-state index contributed by atoms with van der Waals surface area (Å²) < 4.78 is 19.0. The predicted molar refractivity (Wildman–Crippen MR) is 79.1 cm³/mol. The van der Waals surface area contributed by atoms with E-state index < -0.39 is 0 Å². The first kappa shape index (κ1) is 16.0. The van der Waals surface area contributed by atoms with Crippen LogP contribution in [0.3, 0.4) is 0 Å². The Balaban J connectivity index is 2.28. The minimum absolute atomic E-state index is 0.218. The maximum Gasteiger partial charge on any atom is 0.137 e. The molecule has 0 unspecified atom stereocenters. The van der Waals surface area contributed by atoms with Gasteiger partial charge in [-0.05, 0) is 53.4 Å². The summed E-state index contributed by atoms with van der Waals surface area (Å²) in [7, 11) is 0. The van der Waals surface area contributed by atoms with Gasteiger partial charge in [0.2, 0.25) is 0 Å². The monoisotopic (exact) mass is 330 g/mol. The van der Waals surface area contributed by atoms with Gasteiger partial charge < -0.3 is 10.5 Å². The smallest absolute Gasteiger partial charge is 0.137 e. The molecule has 0 aliphatic rings. The van der Waals surface area contributed by atoms with E-state index in [0.29, 0.717) is 16.8 Å². The van der Waals surface area contributed by atoms with Crippen LogP contribution in [0.25, 0.3) is 0 Å². The molecule has 19 heavy (non-hydrogen) atoms. The fourth-order valence-electron chi connectivity index (χ4n) is 1.56. The van der Waals surface area contributed by atoms with Crippen molar-refractivity contribution in [2.24, 2.45) is 11.1 Å². The van der Waals surface area contributed by atoms with Crippen LogP contribution in [0.4, 0.5) is 4.39 Å². The Kier molecular flexibility index (Phi) is 5.79. The number of halogens is 2. The van der Waals surface area contributed by atoms with E-state index in [1.807, 2.05) is 13.8 Å². The zero-order chi connectivity index (χ0) is 14.5. The van der Waals surface area contributed by atoms with E-state index in [1.165, 1.54) is 6.07 Å². The third kappa shape index (κ3) is 5.19. The van der Waals surface area contributed by atoms with Gasteiger partial charge >= 0.3 is 0 Å². The van der Waals surface area contributed by atoms with Gasteiger partial charge in [-0.3, -0.25) is 5.41 Å². The maximum atomic E-state index is 13.0. The van der Waals surface area contributed by atoms with E-state index in [-0.39, 0.29) is 17.1 Å². The molecular formula is C14H20BrFN2O. The summed E-state index contributed by atoms with van der Waals surface area (Å²) in [5.41, 5.74) is 5.27. The number of hydrogen-bond acceptors (Lipinski definition) is 2. The van der Waals surface area contributed by atoms with E-state index in [2.05, 4.69) is 15.9 Å². The summed E-state index contributed by atoms with van der Waals surface area (Å²) >= 11 is 3.12. The standard InChI is InChI=1S/C14H20BrFN2O/c1-14(2,13(17)18)7-3-4-8-19-10-5-6-12(16)11(15)9-10/h5-6,9H,3-4,7-8H2,1-2H3,(H3,17,18). The van der Waals surface area contributed by atoms with Crippen molar-refractivity contribution in [3.05, 3.63) is 28.5 Å². The number of amidine groups is 1. The lowest BCUT2D eigenvalue weighted by Crippen LogP contribution is -2.30. The Morgan fingerprint density at radius 2 is 2.11 bits per heavy atom. The first-order valence-corrected chi connectivity index (χ1v) is 7.04. The molecular weight excluding hydrogens is 311 g/mol. The number of nitrogens with two attached hydrogens (primary N) is 1. The largest absolute Gasteiger partial charge is 0.494 e. The van der Waals surface area contributed by atoms with Gasteiger partial charge in [-0.15, -0.1) is 0 Å². The van der Waals surface area contributed by atoms with Crippen LogP contribution in [0.2, 0.25) is 0 Å². The topological polar surface area (TPSA) is 59.1 Å².